The molecule has 0 fully saturated rings. The number of amides is 1. The average Bonchev–Trinajstić information content (AvgIpc) is 2.89. The Labute approximate surface area is 116 Å². The zero-order chi connectivity index (χ0) is 13.5. The number of rotatable bonds is 6. The molecule has 0 saturated carbocycles. The first-order valence-corrected chi connectivity index (χ1v) is 7.15. The van der Waals surface area contributed by atoms with Crippen LogP contribution in [0.3, 0.4) is 0 Å². The van der Waals surface area contributed by atoms with Crippen LogP contribution in [0.25, 0.3) is 0 Å². The molecule has 0 aliphatic heterocycles. The molecule has 4 heteroatoms. The van der Waals surface area contributed by atoms with Gasteiger partial charge in [-0.3, -0.25) is 4.79 Å². The van der Waals surface area contributed by atoms with Gasteiger partial charge in [-0.05, 0) is 42.0 Å². The maximum absolute atomic E-state index is 12.9. The number of nitrogens with one attached hydrogen (secondary N) is 1. The number of carbonyl (C=O) groups is 1. The third kappa shape index (κ3) is 4.83. The highest BCUT2D eigenvalue weighted by molar-refractivity contribution is 7.09. The van der Waals surface area contributed by atoms with Crippen molar-refractivity contribution in [3.63, 3.8) is 0 Å². The lowest BCUT2D eigenvalue weighted by molar-refractivity contribution is -0.121. The van der Waals surface area contributed by atoms with Crippen LogP contribution in [0.4, 0.5) is 4.39 Å². The lowest BCUT2D eigenvalue weighted by Crippen LogP contribution is -2.25. The fraction of sp³-hybridized carbons (Fsp3) is 0.267. The Morgan fingerprint density at radius 1 is 1.21 bits per heavy atom. The van der Waals surface area contributed by atoms with E-state index in [4.69, 9.17) is 0 Å². The molecule has 2 aromatic rings. The van der Waals surface area contributed by atoms with Crippen LogP contribution in [-0.2, 0) is 17.6 Å². The van der Waals surface area contributed by atoms with Crippen LogP contribution in [0.2, 0.25) is 0 Å². The van der Waals surface area contributed by atoms with Gasteiger partial charge in [0.25, 0.3) is 0 Å². The van der Waals surface area contributed by atoms with Crippen LogP contribution in [0, 0.1) is 5.82 Å². The van der Waals surface area contributed by atoms with Gasteiger partial charge < -0.3 is 5.32 Å². The number of carbonyl (C=O) groups excluding carboxylic acids is 1. The summed E-state index contributed by atoms with van der Waals surface area (Å²) in [5, 5.41) is 4.87. The molecule has 0 aliphatic carbocycles. The molecule has 1 aromatic carbocycles. The van der Waals surface area contributed by atoms with Gasteiger partial charge in [0.2, 0.25) is 5.91 Å². The van der Waals surface area contributed by atoms with E-state index >= 15 is 0 Å². The highest BCUT2D eigenvalue weighted by Gasteiger charge is 2.03. The van der Waals surface area contributed by atoms with E-state index in [1.165, 1.54) is 17.0 Å². The van der Waals surface area contributed by atoms with Gasteiger partial charge in [0.15, 0.2) is 0 Å². The average molecular weight is 277 g/mol. The van der Waals surface area contributed by atoms with Crippen molar-refractivity contribution >= 4 is 17.2 Å². The summed E-state index contributed by atoms with van der Waals surface area (Å²) < 4.78 is 12.9. The summed E-state index contributed by atoms with van der Waals surface area (Å²) in [7, 11) is 0. The molecular weight excluding hydrogens is 261 g/mol. The van der Waals surface area contributed by atoms with E-state index in [1.807, 2.05) is 23.6 Å². The van der Waals surface area contributed by atoms with Crippen molar-refractivity contribution in [1.29, 1.82) is 0 Å². The molecule has 1 N–H and O–H groups in total. The molecule has 0 radical (unpaired) electrons. The minimum Gasteiger partial charge on any atom is -0.356 e. The van der Waals surface area contributed by atoms with E-state index in [9.17, 15) is 9.18 Å². The molecule has 0 aliphatic rings. The maximum Gasteiger partial charge on any atom is 0.220 e. The van der Waals surface area contributed by atoms with Crippen molar-refractivity contribution in [2.24, 2.45) is 0 Å². The summed E-state index contributed by atoms with van der Waals surface area (Å²) >= 11 is 1.67. The summed E-state index contributed by atoms with van der Waals surface area (Å²) in [5.41, 5.74) is 0.901. The zero-order valence-corrected chi connectivity index (χ0v) is 11.4. The molecule has 2 rings (SSSR count). The Bertz CT molecular complexity index is 525. The van der Waals surface area contributed by atoms with Gasteiger partial charge in [-0.15, -0.1) is 11.3 Å². The Hall–Kier alpha value is -1.68. The van der Waals surface area contributed by atoms with Crippen molar-refractivity contribution in [2.45, 2.75) is 19.3 Å². The summed E-state index contributed by atoms with van der Waals surface area (Å²) in [5.74, 6) is -0.189. The first kappa shape index (κ1) is 13.7. The smallest absolute Gasteiger partial charge is 0.220 e. The quantitative estimate of drug-likeness (QED) is 0.863. The minimum atomic E-state index is -0.235. The first-order chi connectivity index (χ1) is 9.24. The molecule has 0 spiro atoms. The molecule has 0 unspecified atom stereocenters. The van der Waals surface area contributed by atoms with E-state index < -0.39 is 0 Å². The largest absolute Gasteiger partial charge is 0.356 e. The number of aryl methyl sites for hydroxylation is 1. The Balaban J connectivity index is 1.66. The molecule has 0 bridgehead atoms. The Morgan fingerprint density at radius 2 is 2.11 bits per heavy atom. The van der Waals surface area contributed by atoms with E-state index in [2.05, 4.69) is 5.32 Å². The molecule has 100 valence electrons. The van der Waals surface area contributed by atoms with Crippen LogP contribution in [0.5, 0.6) is 0 Å². The molecule has 0 saturated heterocycles. The van der Waals surface area contributed by atoms with E-state index in [1.54, 1.807) is 17.4 Å². The summed E-state index contributed by atoms with van der Waals surface area (Å²) in [6.45, 7) is 0.548. The van der Waals surface area contributed by atoms with Gasteiger partial charge in [-0.25, -0.2) is 4.39 Å². The second kappa shape index (κ2) is 7.04. The topological polar surface area (TPSA) is 29.1 Å². The Kier molecular flexibility index (Phi) is 5.10. The monoisotopic (exact) mass is 277 g/mol. The maximum atomic E-state index is 12.9. The molecule has 2 nitrogen and oxygen atoms in total. The highest BCUT2D eigenvalue weighted by atomic mass is 32.1. The van der Waals surface area contributed by atoms with Crippen LogP contribution in [-0.4, -0.2) is 12.5 Å². The van der Waals surface area contributed by atoms with Crippen molar-refractivity contribution in [3.05, 3.63) is 58.0 Å². The third-order valence-electron chi connectivity index (χ3n) is 2.80. The van der Waals surface area contributed by atoms with Crippen molar-refractivity contribution in [3.8, 4) is 0 Å². The fourth-order valence-electron chi connectivity index (χ4n) is 1.82. The van der Waals surface area contributed by atoms with E-state index in [-0.39, 0.29) is 11.7 Å². The molecule has 0 atom stereocenters. The summed E-state index contributed by atoms with van der Waals surface area (Å²) in [6, 6.07) is 10.5. The van der Waals surface area contributed by atoms with Gasteiger partial charge in [-0.2, -0.15) is 0 Å². The van der Waals surface area contributed by atoms with Gasteiger partial charge in [0, 0.05) is 17.8 Å². The van der Waals surface area contributed by atoms with Gasteiger partial charge >= 0.3 is 0 Å². The van der Waals surface area contributed by atoms with Crippen LogP contribution < -0.4 is 5.32 Å². The van der Waals surface area contributed by atoms with Crippen LogP contribution in [0.15, 0.2) is 41.8 Å². The third-order valence-corrected chi connectivity index (χ3v) is 3.74. The van der Waals surface area contributed by atoms with Gasteiger partial charge in [0.1, 0.15) is 5.82 Å². The van der Waals surface area contributed by atoms with Crippen molar-refractivity contribution in [2.75, 3.05) is 6.54 Å². The predicted octanol–water partition coefficient (Wildman–Crippen LogP) is 3.18. The standard InChI is InChI=1S/C15H16FNOS/c16-13-4-1-3-12(11-13)8-9-17-15(18)7-6-14-5-2-10-19-14/h1-5,10-11H,6-9H2,(H,17,18). The second-order valence-electron chi connectivity index (χ2n) is 4.31. The van der Waals surface area contributed by atoms with Crippen LogP contribution >= 0.6 is 11.3 Å². The number of halogens is 1. The SMILES string of the molecule is O=C(CCc1cccs1)NCCc1cccc(F)c1. The van der Waals surface area contributed by atoms with Gasteiger partial charge in [-0.1, -0.05) is 18.2 Å². The fourth-order valence-corrected chi connectivity index (χ4v) is 2.53. The van der Waals surface area contributed by atoms with Crippen molar-refractivity contribution in [1.82, 2.24) is 5.32 Å². The van der Waals surface area contributed by atoms with Gasteiger partial charge in [0.05, 0.1) is 0 Å². The predicted molar refractivity (Wildman–Crippen MR) is 75.8 cm³/mol. The zero-order valence-electron chi connectivity index (χ0n) is 10.6. The van der Waals surface area contributed by atoms with Crippen molar-refractivity contribution < 1.29 is 9.18 Å². The number of hydrogen-bond donors (Lipinski definition) is 1. The van der Waals surface area contributed by atoms with E-state index in [0.717, 1.165) is 12.0 Å². The Morgan fingerprint density at radius 3 is 2.84 bits per heavy atom. The molecule has 19 heavy (non-hydrogen) atoms. The molecule has 1 aromatic heterocycles. The lowest BCUT2D eigenvalue weighted by Gasteiger charge is -2.05. The highest BCUT2D eigenvalue weighted by Crippen LogP contribution is 2.10. The first-order valence-electron chi connectivity index (χ1n) is 6.27. The molecule has 1 heterocycles. The summed E-state index contributed by atoms with van der Waals surface area (Å²) in [4.78, 5) is 12.8. The minimum absolute atomic E-state index is 0.0461. The summed E-state index contributed by atoms with van der Waals surface area (Å²) in [6.07, 6.45) is 1.94. The molecule has 1 amide bonds. The number of benzene rings is 1. The normalized spacial score (nSPS) is 10.4. The van der Waals surface area contributed by atoms with Crippen LogP contribution in [0.1, 0.15) is 16.9 Å². The van der Waals surface area contributed by atoms with E-state index in [0.29, 0.717) is 19.4 Å². The molecular formula is C15H16FNOS. The number of hydrogen-bond acceptors (Lipinski definition) is 2. The number of thiophene rings is 1. The lowest BCUT2D eigenvalue weighted by atomic mass is 10.1. The second-order valence-corrected chi connectivity index (χ2v) is 5.34.